The minimum Gasteiger partial charge on any atom is -0.493 e. The fourth-order valence-electron chi connectivity index (χ4n) is 3.12. The van der Waals surface area contributed by atoms with Gasteiger partial charge in [-0.15, -0.1) is 0 Å². The summed E-state index contributed by atoms with van der Waals surface area (Å²) >= 11 is 0. The standard InChI is InChI=1S/C22H17N5O4/c28-19-17(13-23-26-21(30)24-15-9-2-1-3-10-15)20(29)27(22(31)25-19)18-12-6-8-14-7-4-5-11-16(14)18/h1-13,29H,(H2,24,26,30)(H,25,28,31)/b23-13+. The number of nitrogens with zero attached hydrogens (tertiary/aromatic N) is 2. The average molecular weight is 415 g/mol. The Morgan fingerprint density at radius 2 is 1.68 bits per heavy atom. The lowest BCUT2D eigenvalue weighted by molar-refractivity contribution is 0.252. The van der Waals surface area contributed by atoms with Crippen LogP contribution >= 0.6 is 0 Å². The number of hydrazone groups is 1. The van der Waals surface area contributed by atoms with Gasteiger partial charge in [0.15, 0.2) is 0 Å². The van der Waals surface area contributed by atoms with Crippen LogP contribution in [0.2, 0.25) is 0 Å². The van der Waals surface area contributed by atoms with Crippen molar-refractivity contribution in [2.45, 2.75) is 0 Å². The van der Waals surface area contributed by atoms with Crippen LogP contribution in [-0.4, -0.2) is 26.9 Å². The molecule has 0 aliphatic carbocycles. The molecule has 4 aromatic rings. The third kappa shape index (κ3) is 4.06. The van der Waals surface area contributed by atoms with E-state index in [4.69, 9.17) is 0 Å². The van der Waals surface area contributed by atoms with Gasteiger partial charge in [-0.1, -0.05) is 54.6 Å². The van der Waals surface area contributed by atoms with Gasteiger partial charge < -0.3 is 10.4 Å². The van der Waals surface area contributed by atoms with Crippen LogP contribution in [0.3, 0.4) is 0 Å². The van der Waals surface area contributed by atoms with Gasteiger partial charge in [0.25, 0.3) is 5.56 Å². The van der Waals surface area contributed by atoms with Gasteiger partial charge in [-0.05, 0) is 23.6 Å². The molecule has 0 fully saturated rings. The Balaban J connectivity index is 1.67. The topological polar surface area (TPSA) is 129 Å². The molecular weight excluding hydrogens is 398 g/mol. The molecule has 9 heteroatoms. The van der Waals surface area contributed by atoms with Gasteiger partial charge in [-0.3, -0.25) is 9.78 Å². The molecule has 9 nitrogen and oxygen atoms in total. The zero-order valence-corrected chi connectivity index (χ0v) is 16.1. The number of benzene rings is 3. The van der Waals surface area contributed by atoms with E-state index in [1.807, 2.05) is 18.2 Å². The summed E-state index contributed by atoms with van der Waals surface area (Å²) in [4.78, 5) is 38.8. The molecule has 0 aliphatic rings. The Bertz CT molecular complexity index is 1400. The smallest absolute Gasteiger partial charge is 0.339 e. The van der Waals surface area contributed by atoms with E-state index < -0.39 is 23.2 Å². The minimum absolute atomic E-state index is 0.285. The van der Waals surface area contributed by atoms with Crippen molar-refractivity contribution in [2.75, 3.05) is 5.32 Å². The number of anilines is 1. The maximum atomic E-state index is 12.5. The number of aromatic nitrogens is 2. The molecule has 4 N–H and O–H groups in total. The first kappa shape index (κ1) is 19.6. The first-order chi connectivity index (χ1) is 15.0. The molecule has 0 aliphatic heterocycles. The summed E-state index contributed by atoms with van der Waals surface area (Å²) in [5.74, 6) is -0.598. The highest BCUT2D eigenvalue weighted by atomic mass is 16.3. The first-order valence-corrected chi connectivity index (χ1v) is 9.26. The molecule has 154 valence electrons. The Kier molecular flexibility index (Phi) is 5.31. The number of hydrogen-bond acceptors (Lipinski definition) is 5. The molecule has 31 heavy (non-hydrogen) atoms. The van der Waals surface area contributed by atoms with Crippen LogP contribution in [-0.2, 0) is 0 Å². The summed E-state index contributed by atoms with van der Waals surface area (Å²) in [6.07, 6.45) is 0.972. The third-order valence-corrected chi connectivity index (χ3v) is 4.52. The number of carbonyl (C=O) groups excluding carboxylic acids is 1. The number of para-hydroxylation sites is 1. The molecule has 1 aromatic heterocycles. The fraction of sp³-hybridized carbons (Fsp3) is 0. The highest BCUT2D eigenvalue weighted by Gasteiger charge is 2.16. The van der Waals surface area contributed by atoms with Crippen molar-refractivity contribution in [3.63, 3.8) is 0 Å². The van der Waals surface area contributed by atoms with Crippen molar-refractivity contribution in [3.05, 3.63) is 99.2 Å². The van der Waals surface area contributed by atoms with E-state index in [1.54, 1.807) is 54.6 Å². The predicted octanol–water partition coefficient (Wildman–Crippen LogP) is 2.54. The van der Waals surface area contributed by atoms with Crippen LogP contribution in [0.4, 0.5) is 10.5 Å². The summed E-state index contributed by atoms with van der Waals surface area (Å²) < 4.78 is 0.981. The lowest BCUT2D eigenvalue weighted by atomic mass is 10.1. The summed E-state index contributed by atoms with van der Waals surface area (Å²) in [6, 6.07) is 20.6. The highest BCUT2D eigenvalue weighted by Crippen LogP contribution is 2.24. The molecule has 0 unspecified atom stereocenters. The maximum Gasteiger partial charge on any atom is 0.339 e. The van der Waals surface area contributed by atoms with Crippen LogP contribution in [0.25, 0.3) is 16.5 Å². The lowest BCUT2D eigenvalue weighted by Gasteiger charge is -2.12. The number of carbonyl (C=O) groups is 1. The molecule has 0 spiro atoms. The van der Waals surface area contributed by atoms with Crippen LogP contribution < -0.4 is 22.0 Å². The van der Waals surface area contributed by atoms with Crippen molar-refractivity contribution in [1.82, 2.24) is 15.0 Å². The van der Waals surface area contributed by atoms with Gasteiger partial charge in [0.2, 0.25) is 5.88 Å². The summed E-state index contributed by atoms with van der Waals surface area (Å²) in [7, 11) is 0. The molecule has 1 heterocycles. The number of H-pyrrole nitrogens is 1. The Hall–Kier alpha value is -4.66. The molecule has 0 atom stereocenters. The van der Waals surface area contributed by atoms with E-state index in [0.29, 0.717) is 16.8 Å². The second-order valence-corrected chi connectivity index (χ2v) is 6.52. The maximum absolute atomic E-state index is 12.5. The van der Waals surface area contributed by atoms with Gasteiger partial charge in [-0.25, -0.2) is 19.6 Å². The van der Waals surface area contributed by atoms with Crippen LogP contribution in [0.15, 0.2) is 87.5 Å². The minimum atomic E-state index is -0.840. The monoisotopic (exact) mass is 415 g/mol. The van der Waals surface area contributed by atoms with Gasteiger partial charge in [0, 0.05) is 11.1 Å². The molecule has 0 saturated carbocycles. The van der Waals surface area contributed by atoms with Gasteiger partial charge in [-0.2, -0.15) is 5.10 Å². The summed E-state index contributed by atoms with van der Waals surface area (Å²) in [5.41, 5.74) is 1.23. The highest BCUT2D eigenvalue weighted by molar-refractivity contribution is 5.92. The van der Waals surface area contributed by atoms with Crippen LogP contribution in [0, 0.1) is 0 Å². The molecule has 0 radical (unpaired) electrons. The average Bonchev–Trinajstić information content (AvgIpc) is 2.77. The van der Waals surface area contributed by atoms with E-state index in [0.717, 1.165) is 16.2 Å². The normalized spacial score (nSPS) is 11.0. The number of hydrogen-bond donors (Lipinski definition) is 4. The van der Waals surface area contributed by atoms with E-state index in [9.17, 15) is 19.5 Å². The fourth-order valence-corrected chi connectivity index (χ4v) is 3.12. The van der Waals surface area contributed by atoms with Crippen LogP contribution in [0.5, 0.6) is 5.88 Å². The van der Waals surface area contributed by atoms with Crippen LogP contribution in [0.1, 0.15) is 5.56 Å². The number of urea groups is 1. The second kappa shape index (κ2) is 8.37. The van der Waals surface area contributed by atoms with E-state index in [-0.39, 0.29) is 5.56 Å². The van der Waals surface area contributed by atoms with Crippen molar-refractivity contribution >= 4 is 28.7 Å². The molecular formula is C22H17N5O4. The van der Waals surface area contributed by atoms with Gasteiger partial charge in [0.1, 0.15) is 5.56 Å². The Morgan fingerprint density at radius 3 is 2.48 bits per heavy atom. The number of nitrogens with one attached hydrogen (secondary N) is 3. The Morgan fingerprint density at radius 1 is 0.968 bits per heavy atom. The third-order valence-electron chi connectivity index (χ3n) is 4.52. The van der Waals surface area contributed by atoms with E-state index in [2.05, 4.69) is 20.8 Å². The second-order valence-electron chi connectivity index (χ2n) is 6.52. The molecule has 2 amide bonds. The SMILES string of the molecule is O=C(N/N=C/c1c(O)n(-c2cccc3ccccc23)c(=O)[nH]c1=O)Nc1ccccc1. The quantitative estimate of drug-likeness (QED) is 0.302. The van der Waals surface area contributed by atoms with Gasteiger partial charge in [0.05, 0.1) is 11.9 Å². The number of aromatic amines is 1. The predicted molar refractivity (Wildman–Crippen MR) is 118 cm³/mol. The first-order valence-electron chi connectivity index (χ1n) is 9.26. The lowest BCUT2D eigenvalue weighted by Crippen LogP contribution is -2.32. The zero-order chi connectivity index (χ0) is 21.8. The van der Waals surface area contributed by atoms with Crippen molar-refractivity contribution < 1.29 is 9.90 Å². The van der Waals surface area contributed by atoms with E-state index in [1.165, 1.54) is 0 Å². The summed E-state index contributed by atoms with van der Waals surface area (Å²) in [5, 5.41) is 18.5. The Labute approximate surface area is 175 Å². The molecule has 3 aromatic carbocycles. The van der Waals surface area contributed by atoms with E-state index >= 15 is 0 Å². The van der Waals surface area contributed by atoms with Crippen molar-refractivity contribution in [2.24, 2.45) is 5.10 Å². The van der Waals surface area contributed by atoms with Crippen molar-refractivity contribution in [1.29, 1.82) is 0 Å². The largest absolute Gasteiger partial charge is 0.493 e. The number of rotatable bonds is 4. The molecule has 0 saturated heterocycles. The molecule has 4 rings (SSSR count). The number of amides is 2. The van der Waals surface area contributed by atoms with Crippen molar-refractivity contribution in [3.8, 4) is 11.6 Å². The molecule has 0 bridgehead atoms. The summed E-state index contributed by atoms with van der Waals surface area (Å²) in [6.45, 7) is 0. The number of fused-ring (bicyclic) bond motifs is 1. The van der Waals surface area contributed by atoms with Gasteiger partial charge >= 0.3 is 11.7 Å². The zero-order valence-electron chi connectivity index (χ0n) is 16.1. The number of aromatic hydroxyl groups is 1.